The van der Waals surface area contributed by atoms with Crippen LogP contribution in [0.2, 0.25) is 0 Å². The molecule has 1 aromatic heterocycles. The number of hydrogen-bond donors (Lipinski definition) is 0. The third-order valence-corrected chi connectivity index (χ3v) is 11.7. The average molecular weight is 766 g/mol. The quantitative estimate of drug-likeness (QED) is 0.153. The van der Waals surface area contributed by atoms with Crippen LogP contribution in [-0.2, 0) is 0 Å². The first-order chi connectivity index (χ1) is 29.8. The van der Waals surface area contributed by atoms with Gasteiger partial charge in [-0.3, -0.25) is 0 Å². The number of furan rings is 1. The fraction of sp³-hybridized carbons (Fsp3) is 0. The molecule has 0 amide bonds. The van der Waals surface area contributed by atoms with Crippen molar-refractivity contribution >= 4 is 49.8 Å². The molecule has 2 heteroatoms. The average Bonchev–Trinajstić information content (AvgIpc) is 3.72. The van der Waals surface area contributed by atoms with Crippen LogP contribution in [0.5, 0.6) is 0 Å². The van der Waals surface area contributed by atoms with Gasteiger partial charge in [-0.05, 0) is 109 Å². The van der Waals surface area contributed by atoms with Crippen LogP contribution in [0.15, 0.2) is 241 Å². The predicted octanol–water partition coefficient (Wildman–Crippen LogP) is 16.5. The van der Waals surface area contributed by atoms with Gasteiger partial charge in [0, 0.05) is 22.1 Å². The Balaban J connectivity index is 1.01. The van der Waals surface area contributed by atoms with E-state index < -0.39 is 0 Å². The van der Waals surface area contributed by atoms with E-state index in [-0.39, 0.29) is 0 Å². The van der Waals surface area contributed by atoms with Crippen molar-refractivity contribution in [2.75, 3.05) is 4.90 Å². The van der Waals surface area contributed by atoms with Gasteiger partial charge in [0.1, 0.15) is 5.58 Å². The highest BCUT2D eigenvalue weighted by molar-refractivity contribution is 6.10. The Bertz CT molecular complexity index is 3290. The Morgan fingerprint density at radius 2 is 0.767 bits per heavy atom. The first kappa shape index (κ1) is 35.2. The van der Waals surface area contributed by atoms with Crippen molar-refractivity contribution in [3.05, 3.63) is 237 Å². The summed E-state index contributed by atoms with van der Waals surface area (Å²) in [5, 5.41) is 4.68. The van der Waals surface area contributed by atoms with Gasteiger partial charge in [-0.15, -0.1) is 0 Å². The number of hydrogen-bond acceptors (Lipinski definition) is 2. The minimum atomic E-state index is 0.859. The minimum Gasteiger partial charge on any atom is -0.454 e. The maximum atomic E-state index is 6.65. The van der Waals surface area contributed by atoms with Crippen molar-refractivity contribution in [1.82, 2.24) is 0 Å². The third-order valence-electron chi connectivity index (χ3n) is 11.7. The number of benzene rings is 10. The standard InChI is InChI=1S/C58H39NO/c1-3-15-41(16-4-1)48-20-7-9-22-51(48)52-23-10-8-21-49(52)44-33-37-47(38-34-44)59(56-27-14-26-54-53-24-11-12-28-57(53)60-58(54)56)46-35-31-40(32-36-46)45-30-29-43-19-13-25-50(55(43)39-45)42-17-5-2-6-18-42/h1-39H. The first-order valence-electron chi connectivity index (χ1n) is 20.5. The summed E-state index contributed by atoms with van der Waals surface area (Å²) in [5.74, 6) is 0. The number of fused-ring (bicyclic) bond motifs is 4. The fourth-order valence-electron chi connectivity index (χ4n) is 8.81. The van der Waals surface area contributed by atoms with E-state index in [1.165, 1.54) is 55.3 Å². The Kier molecular flexibility index (Phi) is 8.87. The minimum absolute atomic E-state index is 0.859. The van der Waals surface area contributed by atoms with Crippen LogP contribution in [0.25, 0.3) is 88.3 Å². The molecule has 0 spiro atoms. The van der Waals surface area contributed by atoms with Crippen molar-refractivity contribution in [2.24, 2.45) is 0 Å². The molecule has 11 rings (SSSR count). The van der Waals surface area contributed by atoms with Gasteiger partial charge >= 0.3 is 0 Å². The monoisotopic (exact) mass is 765 g/mol. The summed E-state index contributed by atoms with van der Waals surface area (Å²) in [7, 11) is 0. The molecule has 0 saturated carbocycles. The summed E-state index contributed by atoms with van der Waals surface area (Å²) in [6, 6.07) is 84.7. The SMILES string of the molecule is c1ccc(-c2ccccc2-c2ccccc2-c2ccc(N(c3ccc(-c4ccc5cccc(-c6ccccc6)c5c4)cc3)c3cccc4c3oc3ccccc34)cc2)cc1. The summed E-state index contributed by atoms with van der Waals surface area (Å²) < 4.78 is 6.65. The lowest BCUT2D eigenvalue weighted by atomic mass is 9.89. The lowest BCUT2D eigenvalue weighted by Gasteiger charge is -2.26. The van der Waals surface area contributed by atoms with Crippen molar-refractivity contribution < 1.29 is 4.42 Å². The third kappa shape index (κ3) is 6.32. The van der Waals surface area contributed by atoms with Gasteiger partial charge in [0.25, 0.3) is 0 Å². The lowest BCUT2D eigenvalue weighted by molar-refractivity contribution is 0.669. The molecular weight excluding hydrogens is 727 g/mol. The molecule has 0 aliphatic rings. The molecule has 0 fully saturated rings. The topological polar surface area (TPSA) is 16.4 Å². The molecule has 0 aliphatic carbocycles. The fourth-order valence-corrected chi connectivity index (χ4v) is 8.81. The largest absolute Gasteiger partial charge is 0.454 e. The molecule has 0 bridgehead atoms. The molecule has 10 aromatic carbocycles. The van der Waals surface area contributed by atoms with Crippen LogP contribution in [0.1, 0.15) is 0 Å². The highest BCUT2D eigenvalue weighted by Crippen LogP contribution is 2.44. The van der Waals surface area contributed by atoms with Crippen LogP contribution in [0, 0.1) is 0 Å². The maximum Gasteiger partial charge on any atom is 0.159 e. The molecular formula is C58H39NO. The second kappa shape index (κ2) is 15.1. The summed E-state index contributed by atoms with van der Waals surface area (Å²) in [6.45, 7) is 0. The van der Waals surface area contributed by atoms with E-state index in [0.29, 0.717) is 0 Å². The van der Waals surface area contributed by atoms with Crippen molar-refractivity contribution in [1.29, 1.82) is 0 Å². The van der Waals surface area contributed by atoms with Gasteiger partial charge in [-0.2, -0.15) is 0 Å². The molecule has 1 heterocycles. The molecule has 0 saturated heterocycles. The zero-order valence-corrected chi connectivity index (χ0v) is 32.9. The van der Waals surface area contributed by atoms with Gasteiger partial charge in [0.2, 0.25) is 0 Å². The number of nitrogens with zero attached hydrogens (tertiary/aromatic N) is 1. The van der Waals surface area contributed by atoms with E-state index in [1.54, 1.807) is 0 Å². The Labute approximate surface area is 349 Å². The summed E-state index contributed by atoms with van der Waals surface area (Å²) in [6.07, 6.45) is 0. The van der Waals surface area contributed by atoms with E-state index in [1.807, 2.05) is 12.1 Å². The second-order valence-electron chi connectivity index (χ2n) is 15.2. The van der Waals surface area contributed by atoms with Gasteiger partial charge in [0.15, 0.2) is 5.58 Å². The number of rotatable bonds is 8. The van der Waals surface area contributed by atoms with Crippen molar-refractivity contribution in [3.63, 3.8) is 0 Å². The molecule has 282 valence electrons. The van der Waals surface area contributed by atoms with Crippen LogP contribution >= 0.6 is 0 Å². The molecule has 0 atom stereocenters. The second-order valence-corrected chi connectivity index (χ2v) is 15.2. The van der Waals surface area contributed by atoms with E-state index >= 15 is 0 Å². The summed E-state index contributed by atoms with van der Waals surface area (Å²) in [4.78, 5) is 2.32. The van der Waals surface area contributed by atoms with Gasteiger partial charge in [-0.1, -0.05) is 194 Å². The lowest BCUT2D eigenvalue weighted by Crippen LogP contribution is -2.10. The molecule has 0 radical (unpaired) electrons. The van der Waals surface area contributed by atoms with Gasteiger partial charge in [-0.25, -0.2) is 0 Å². The molecule has 60 heavy (non-hydrogen) atoms. The summed E-state index contributed by atoms with van der Waals surface area (Å²) in [5.41, 5.74) is 16.8. The van der Waals surface area contributed by atoms with Gasteiger partial charge < -0.3 is 9.32 Å². The zero-order chi connectivity index (χ0) is 39.8. The number of para-hydroxylation sites is 2. The van der Waals surface area contributed by atoms with Crippen LogP contribution in [-0.4, -0.2) is 0 Å². The molecule has 2 nitrogen and oxygen atoms in total. The van der Waals surface area contributed by atoms with Crippen LogP contribution in [0.3, 0.4) is 0 Å². The van der Waals surface area contributed by atoms with E-state index in [2.05, 4.69) is 229 Å². The zero-order valence-electron chi connectivity index (χ0n) is 32.9. The van der Waals surface area contributed by atoms with Crippen LogP contribution in [0.4, 0.5) is 17.1 Å². The smallest absolute Gasteiger partial charge is 0.159 e. The van der Waals surface area contributed by atoms with Gasteiger partial charge in [0.05, 0.1) is 5.69 Å². The van der Waals surface area contributed by atoms with E-state index in [0.717, 1.165) is 50.1 Å². The Morgan fingerprint density at radius 3 is 1.43 bits per heavy atom. The molecule has 0 aliphatic heterocycles. The Hall–Kier alpha value is -7.94. The highest BCUT2D eigenvalue weighted by atomic mass is 16.3. The van der Waals surface area contributed by atoms with E-state index in [9.17, 15) is 0 Å². The Morgan fingerprint density at radius 1 is 0.283 bits per heavy atom. The van der Waals surface area contributed by atoms with Crippen molar-refractivity contribution in [3.8, 4) is 55.6 Å². The van der Waals surface area contributed by atoms with E-state index in [4.69, 9.17) is 4.42 Å². The molecule has 0 unspecified atom stereocenters. The normalized spacial score (nSPS) is 11.3. The summed E-state index contributed by atoms with van der Waals surface area (Å²) >= 11 is 0. The van der Waals surface area contributed by atoms with Crippen LogP contribution < -0.4 is 4.90 Å². The molecule has 11 aromatic rings. The maximum absolute atomic E-state index is 6.65. The highest BCUT2D eigenvalue weighted by Gasteiger charge is 2.20. The molecule has 0 N–H and O–H groups in total. The van der Waals surface area contributed by atoms with Crippen molar-refractivity contribution in [2.45, 2.75) is 0 Å². The first-order valence-corrected chi connectivity index (χ1v) is 20.5. The predicted molar refractivity (Wildman–Crippen MR) is 253 cm³/mol. The number of anilines is 3.